The van der Waals surface area contributed by atoms with Crippen LogP contribution in [0.3, 0.4) is 0 Å². The molecule has 6 nitrogen and oxygen atoms in total. The fraction of sp³-hybridized carbons (Fsp3) is 0.222. The minimum atomic E-state index is -0.267. The quantitative estimate of drug-likeness (QED) is 0.748. The van der Waals surface area contributed by atoms with Gasteiger partial charge in [0, 0.05) is 29.1 Å². The van der Waals surface area contributed by atoms with Gasteiger partial charge in [-0.25, -0.2) is 4.98 Å². The lowest BCUT2D eigenvalue weighted by Gasteiger charge is -2.12. The van der Waals surface area contributed by atoms with E-state index in [2.05, 4.69) is 20.5 Å². The van der Waals surface area contributed by atoms with Crippen molar-refractivity contribution in [3.8, 4) is 11.1 Å². The van der Waals surface area contributed by atoms with Crippen molar-refractivity contribution in [3.63, 3.8) is 0 Å². The normalized spacial score (nSPS) is 10.8. The molecule has 0 spiro atoms. The van der Waals surface area contributed by atoms with Gasteiger partial charge in [-0.2, -0.15) is 5.10 Å². The molecule has 1 amide bonds. The van der Waals surface area contributed by atoms with E-state index in [-0.39, 0.29) is 11.6 Å². The number of nitrogens with two attached hydrogens (primary N) is 1. The second kappa shape index (κ2) is 7.03. The molecule has 7 heteroatoms. The van der Waals surface area contributed by atoms with Crippen molar-refractivity contribution in [1.29, 1.82) is 0 Å². The number of aryl methyl sites for hydroxylation is 1. The molecule has 128 valence electrons. The van der Waals surface area contributed by atoms with Gasteiger partial charge in [0.25, 0.3) is 5.91 Å². The van der Waals surface area contributed by atoms with E-state index in [1.807, 2.05) is 32.0 Å². The maximum atomic E-state index is 12.2. The van der Waals surface area contributed by atoms with Gasteiger partial charge in [0.05, 0.1) is 11.4 Å². The Labute approximate surface area is 150 Å². The number of nitrogens with one attached hydrogen (secondary N) is 1. The summed E-state index contributed by atoms with van der Waals surface area (Å²) in [7, 11) is 0. The number of benzene rings is 1. The molecule has 1 aromatic carbocycles. The number of fused-ring (bicyclic) bond motifs is 1. The summed E-state index contributed by atoms with van der Waals surface area (Å²) in [5.41, 5.74) is 9.33. The molecule has 0 aliphatic rings. The van der Waals surface area contributed by atoms with Gasteiger partial charge in [-0.15, -0.1) is 5.10 Å². The van der Waals surface area contributed by atoms with Crippen LogP contribution in [0.1, 0.15) is 29.5 Å². The first-order chi connectivity index (χ1) is 12.0. The van der Waals surface area contributed by atoms with Crippen LogP contribution in [0, 0.1) is 6.92 Å². The van der Waals surface area contributed by atoms with Crippen LogP contribution in [-0.2, 0) is 0 Å². The van der Waals surface area contributed by atoms with Gasteiger partial charge in [-0.1, -0.05) is 36.7 Å². The van der Waals surface area contributed by atoms with Gasteiger partial charge < -0.3 is 11.1 Å². The Balaban J connectivity index is 2.16. The molecule has 25 heavy (non-hydrogen) atoms. The summed E-state index contributed by atoms with van der Waals surface area (Å²) in [5.74, 6) is -0.267. The largest absolute Gasteiger partial charge is 0.396 e. The third-order valence-electron chi connectivity index (χ3n) is 3.96. The van der Waals surface area contributed by atoms with E-state index in [0.717, 1.165) is 34.0 Å². The second-order valence-electron chi connectivity index (χ2n) is 5.71. The Kier molecular flexibility index (Phi) is 4.81. The fourth-order valence-corrected chi connectivity index (χ4v) is 2.85. The number of hydrogen-bond acceptors (Lipinski definition) is 5. The summed E-state index contributed by atoms with van der Waals surface area (Å²) < 4.78 is 0. The van der Waals surface area contributed by atoms with Crippen molar-refractivity contribution < 1.29 is 4.79 Å². The Morgan fingerprint density at radius 1 is 1.24 bits per heavy atom. The average Bonchev–Trinajstić information content (AvgIpc) is 2.62. The van der Waals surface area contributed by atoms with Crippen LogP contribution in [0.2, 0.25) is 5.15 Å². The highest BCUT2D eigenvalue weighted by Gasteiger charge is 2.16. The SMILES string of the molecule is CCCNC(=O)c1ncc2c(-c3cc(Cl)nnc3C)cccc2c1N. The number of hydrogen-bond donors (Lipinski definition) is 2. The van der Waals surface area contributed by atoms with Crippen LogP contribution >= 0.6 is 11.6 Å². The number of carbonyl (C=O) groups is 1. The van der Waals surface area contributed by atoms with Crippen molar-refractivity contribution in [1.82, 2.24) is 20.5 Å². The lowest BCUT2D eigenvalue weighted by molar-refractivity contribution is 0.0950. The van der Waals surface area contributed by atoms with E-state index in [9.17, 15) is 4.79 Å². The molecule has 0 fully saturated rings. The minimum Gasteiger partial charge on any atom is -0.396 e. The minimum absolute atomic E-state index is 0.237. The molecule has 0 atom stereocenters. The van der Waals surface area contributed by atoms with Crippen molar-refractivity contribution >= 4 is 34.0 Å². The number of nitrogen functional groups attached to an aromatic ring is 1. The maximum Gasteiger partial charge on any atom is 0.272 e. The first-order valence-corrected chi connectivity index (χ1v) is 8.36. The lowest BCUT2D eigenvalue weighted by atomic mass is 9.98. The Hall–Kier alpha value is -2.73. The summed E-state index contributed by atoms with van der Waals surface area (Å²) >= 11 is 6.00. The molecular weight excluding hydrogens is 338 g/mol. The first kappa shape index (κ1) is 17.1. The van der Waals surface area contributed by atoms with E-state index >= 15 is 0 Å². The van der Waals surface area contributed by atoms with E-state index in [1.165, 1.54) is 0 Å². The number of aromatic nitrogens is 3. The Morgan fingerprint density at radius 3 is 2.80 bits per heavy atom. The molecular formula is C18H18ClN5O. The van der Waals surface area contributed by atoms with Crippen LogP contribution in [0.15, 0.2) is 30.5 Å². The van der Waals surface area contributed by atoms with Gasteiger partial charge >= 0.3 is 0 Å². The van der Waals surface area contributed by atoms with E-state index in [0.29, 0.717) is 17.4 Å². The van der Waals surface area contributed by atoms with Crippen LogP contribution in [0.5, 0.6) is 0 Å². The third-order valence-corrected chi connectivity index (χ3v) is 4.15. The van der Waals surface area contributed by atoms with Crippen molar-refractivity contribution in [2.45, 2.75) is 20.3 Å². The molecule has 0 radical (unpaired) electrons. The monoisotopic (exact) mass is 355 g/mol. The number of pyridine rings is 1. The zero-order valence-corrected chi connectivity index (χ0v) is 14.8. The molecule has 2 heterocycles. The fourth-order valence-electron chi connectivity index (χ4n) is 2.71. The van der Waals surface area contributed by atoms with Crippen LogP contribution < -0.4 is 11.1 Å². The molecule has 0 saturated carbocycles. The topological polar surface area (TPSA) is 93.8 Å². The van der Waals surface area contributed by atoms with Crippen molar-refractivity contribution in [2.75, 3.05) is 12.3 Å². The summed E-state index contributed by atoms with van der Waals surface area (Å²) in [4.78, 5) is 16.5. The molecule has 0 aliphatic heterocycles. The summed E-state index contributed by atoms with van der Waals surface area (Å²) in [6.45, 7) is 4.43. The number of rotatable bonds is 4. The highest BCUT2D eigenvalue weighted by Crippen LogP contribution is 2.33. The number of nitrogens with zero attached hydrogens (tertiary/aromatic N) is 3. The van der Waals surface area contributed by atoms with E-state index < -0.39 is 0 Å². The van der Waals surface area contributed by atoms with Gasteiger partial charge in [0.1, 0.15) is 0 Å². The van der Waals surface area contributed by atoms with Gasteiger partial charge in [0.15, 0.2) is 10.8 Å². The van der Waals surface area contributed by atoms with E-state index in [1.54, 1.807) is 12.3 Å². The predicted molar refractivity (Wildman–Crippen MR) is 99.6 cm³/mol. The molecule has 3 aromatic rings. The molecule has 3 N–H and O–H groups in total. The third kappa shape index (κ3) is 3.25. The van der Waals surface area contributed by atoms with Gasteiger partial charge in [-0.05, 0) is 25.0 Å². The molecule has 0 unspecified atom stereocenters. The van der Waals surface area contributed by atoms with Crippen LogP contribution in [-0.4, -0.2) is 27.6 Å². The zero-order valence-electron chi connectivity index (χ0n) is 14.0. The Morgan fingerprint density at radius 2 is 2.04 bits per heavy atom. The summed E-state index contributed by atoms with van der Waals surface area (Å²) in [6, 6.07) is 7.46. The van der Waals surface area contributed by atoms with E-state index in [4.69, 9.17) is 17.3 Å². The van der Waals surface area contributed by atoms with Crippen molar-refractivity contribution in [2.24, 2.45) is 0 Å². The standard InChI is InChI=1S/C18H18ClN5O/c1-3-7-21-18(25)17-16(20)12-6-4-5-11(14(12)9-22-17)13-8-15(19)24-23-10(13)2/h4-6,8-9H,3,7,20H2,1-2H3,(H,21,25). The van der Waals surface area contributed by atoms with Gasteiger partial charge in [0.2, 0.25) is 0 Å². The van der Waals surface area contributed by atoms with Crippen molar-refractivity contribution in [3.05, 3.63) is 47.0 Å². The number of halogens is 1. The molecule has 0 aliphatic carbocycles. The summed E-state index contributed by atoms with van der Waals surface area (Å²) in [5, 5.41) is 12.6. The highest BCUT2D eigenvalue weighted by atomic mass is 35.5. The Bertz CT molecular complexity index is 958. The van der Waals surface area contributed by atoms with Crippen LogP contribution in [0.4, 0.5) is 5.69 Å². The number of carbonyl (C=O) groups excluding carboxylic acids is 1. The van der Waals surface area contributed by atoms with Gasteiger partial charge in [-0.3, -0.25) is 4.79 Å². The second-order valence-corrected chi connectivity index (χ2v) is 6.10. The first-order valence-electron chi connectivity index (χ1n) is 7.98. The number of anilines is 1. The lowest BCUT2D eigenvalue weighted by Crippen LogP contribution is -2.26. The maximum absolute atomic E-state index is 12.2. The predicted octanol–water partition coefficient (Wildman–Crippen LogP) is 3.38. The zero-order chi connectivity index (χ0) is 18.0. The van der Waals surface area contributed by atoms with Crippen LogP contribution in [0.25, 0.3) is 21.9 Å². The molecule has 2 aromatic heterocycles. The molecule has 0 bridgehead atoms. The number of amides is 1. The average molecular weight is 356 g/mol. The summed E-state index contributed by atoms with van der Waals surface area (Å²) in [6.07, 6.45) is 2.51. The molecule has 3 rings (SSSR count). The smallest absolute Gasteiger partial charge is 0.272 e. The molecule has 0 saturated heterocycles. The highest BCUT2D eigenvalue weighted by molar-refractivity contribution is 6.29.